The molecule has 0 radical (unpaired) electrons. The Labute approximate surface area is 73.8 Å². The Morgan fingerprint density at radius 2 is 2.17 bits per heavy atom. The summed E-state index contributed by atoms with van der Waals surface area (Å²) in [7, 11) is 3.84. The summed E-state index contributed by atoms with van der Waals surface area (Å²) in [6, 6.07) is 0. The van der Waals surface area contributed by atoms with Crippen LogP contribution in [0.4, 0.5) is 0 Å². The molecule has 4 nitrogen and oxygen atoms in total. The van der Waals surface area contributed by atoms with E-state index in [0.717, 1.165) is 13.0 Å². The monoisotopic (exact) mass is 174 g/mol. The number of carbonyl (C=O) groups excluding carboxylic acids is 1. The van der Waals surface area contributed by atoms with E-state index < -0.39 is 0 Å². The Kier molecular flexibility index (Phi) is 6.70. The second-order valence-electron chi connectivity index (χ2n) is 2.71. The van der Waals surface area contributed by atoms with Crippen LogP contribution in [-0.4, -0.2) is 38.2 Å². The maximum Gasteiger partial charge on any atom is 0.305 e. The van der Waals surface area contributed by atoms with Crippen molar-refractivity contribution in [3.05, 3.63) is 0 Å². The van der Waals surface area contributed by atoms with Gasteiger partial charge in [-0.2, -0.15) is 0 Å². The smallest absolute Gasteiger partial charge is 0.305 e. The van der Waals surface area contributed by atoms with Crippen molar-refractivity contribution in [2.75, 3.05) is 27.2 Å². The highest BCUT2D eigenvalue weighted by atomic mass is 16.5. The van der Waals surface area contributed by atoms with E-state index in [1.807, 2.05) is 26.0 Å². The fourth-order valence-electron chi connectivity index (χ4n) is 0.769. The zero-order valence-electron chi connectivity index (χ0n) is 8.09. The first-order valence-electron chi connectivity index (χ1n) is 4.23. The first-order chi connectivity index (χ1) is 5.66. The normalized spacial score (nSPS) is 10.3. The molecule has 0 saturated carbocycles. The molecule has 0 rings (SSSR count). The van der Waals surface area contributed by atoms with Crippen LogP contribution in [0.1, 0.15) is 19.8 Å². The molecule has 0 amide bonds. The van der Waals surface area contributed by atoms with Crippen LogP contribution in [0.3, 0.4) is 0 Å². The molecule has 0 heterocycles. The molecule has 0 aromatic rings. The molecular weight excluding hydrogens is 156 g/mol. The summed E-state index contributed by atoms with van der Waals surface area (Å²) in [5.74, 6) is -0.113. The second kappa shape index (κ2) is 7.06. The Morgan fingerprint density at radius 1 is 1.50 bits per heavy atom. The van der Waals surface area contributed by atoms with Crippen LogP contribution in [0.15, 0.2) is 0 Å². The number of hydrazine groups is 1. The van der Waals surface area contributed by atoms with Gasteiger partial charge in [0.2, 0.25) is 0 Å². The molecule has 0 bridgehead atoms. The minimum atomic E-state index is -0.113. The quantitative estimate of drug-likeness (QED) is 0.359. The molecule has 0 aromatic heterocycles. The van der Waals surface area contributed by atoms with E-state index in [-0.39, 0.29) is 5.97 Å². The van der Waals surface area contributed by atoms with Crippen molar-refractivity contribution in [2.24, 2.45) is 0 Å². The molecular formula is C8H18N2O2. The summed E-state index contributed by atoms with van der Waals surface area (Å²) in [6.45, 7) is 3.10. The van der Waals surface area contributed by atoms with Gasteiger partial charge in [-0.25, -0.2) is 0 Å². The van der Waals surface area contributed by atoms with Crippen molar-refractivity contribution in [1.82, 2.24) is 10.4 Å². The van der Waals surface area contributed by atoms with Gasteiger partial charge in [-0.05, 0) is 13.3 Å². The van der Waals surface area contributed by atoms with Crippen molar-refractivity contribution < 1.29 is 9.53 Å². The Balaban J connectivity index is 3.14. The number of carbonyl (C=O) groups is 1. The van der Waals surface area contributed by atoms with Crippen molar-refractivity contribution in [2.45, 2.75) is 19.8 Å². The molecule has 1 N–H and O–H groups in total. The van der Waals surface area contributed by atoms with Crippen molar-refractivity contribution in [1.29, 1.82) is 0 Å². The van der Waals surface area contributed by atoms with Crippen molar-refractivity contribution >= 4 is 5.97 Å². The third-order valence-electron chi connectivity index (χ3n) is 1.29. The highest BCUT2D eigenvalue weighted by molar-refractivity contribution is 5.69. The molecule has 0 aliphatic heterocycles. The van der Waals surface area contributed by atoms with Gasteiger partial charge in [-0.15, -0.1) is 0 Å². The predicted molar refractivity (Wildman–Crippen MR) is 47.6 cm³/mol. The number of ether oxygens (including phenoxy) is 1. The van der Waals surface area contributed by atoms with Crippen molar-refractivity contribution in [3.63, 3.8) is 0 Å². The third-order valence-corrected chi connectivity index (χ3v) is 1.29. The second-order valence-corrected chi connectivity index (χ2v) is 2.71. The molecule has 0 saturated heterocycles. The molecule has 0 aliphatic rings. The molecule has 0 spiro atoms. The zero-order valence-corrected chi connectivity index (χ0v) is 8.09. The lowest BCUT2D eigenvalue weighted by Gasteiger charge is -2.10. The molecule has 0 atom stereocenters. The first-order valence-corrected chi connectivity index (χ1v) is 4.23. The predicted octanol–water partition coefficient (Wildman–Crippen LogP) is 0.396. The minimum absolute atomic E-state index is 0.113. The van der Waals surface area contributed by atoms with Gasteiger partial charge in [0.1, 0.15) is 0 Å². The summed E-state index contributed by atoms with van der Waals surface area (Å²) in [5.41, 5.74) is 3.07. The summed E-state index contributed by atoms with van der Waals surface area (Å²) in [6.07, 6.45) is 1.31. The van der Waals surface area contributed by atoms with Gasteiger partial charge in [0.05, 0.1) is 6.61 Å². The van der Waals surface area contributed by atoms with E-state index in [0.29, 0.717) is 13.0 Å². The maximum atomic E-state index is 10.8. The number of nitrogens with zero attached hydrogens (tertiary/aromatic N) is 1. The maximum absolute atomic E-state index is 10.8. The van der Waals surface area contributed by atoms with Crippen LogP contribution in [0, 0.1) is 0 Å². The topological polar surface area (TPSA) is 41.6 Å². The van der Waals surface area contributed by atoms with Crippen LogP contribution >= 0.6 is 0 Å². The zero-order chi connectivity index (χ0) is 9.40. The lowest BCUT2D eigenvalue weighted by atomic mass is 10.3. The van der Waals surface area contributed by atoms with E-state index in [4.69, 9.17) is 4.74 Å². The molecule has 0 aliphatic carbocycles. The van der Waals surface area contributed by atoms with E-state index >= 15 is 0 Å². The van der Waals surface area contributed by atoms with Gasteiger partial charge in [0, 0.05) is 27.1 Å². The summed E-state index contributed by atoms with van der Waals surface area (Å²) in [4.78, 5) is 10.8. The largest absolute Gasteiger partial charge is 0.466 e. The minimum Gasteiger partial charge on any atom is -0.466 e. The van der Waals surface area contributed by atoms with E-state index in [1.54, 1.807) is 0 Å². The fraction of sp³-hybridized carbons (Fsp3) is 0.875. The fourth-order valence-corrected chi connectivity index (χ4v) is 0.769. The van der Waals surface area contributed by atoms with Crippen LogP contribution in [0.5, 0.6) is 0 Å². The molecule has 72 valence electrons. The Bertz CT molecular complexity index is 126. The van der Waals surface area contributed by atoms with Gasteiger partial charge < -0.3 is 4.74 Å². The van der Waals surface area contributed by atoms with Gasteiger partial charge in [-0.3, -0.25) is 15.2 Å². The number of nitrogens with one attached hydrogen (secondary N) is 1. The van der Waals surface area contributed by atoms with Gasteiger partial charge in [-0.1, -0.05) is 0 Å². The SMILES string of the molecule is CCOC(=O)CCCNN(C)C. The average Bonchev–Trinajstić information content (AvgIpc) is 1.98. The summed E-state index contributed by atoms with van der Waals surface area (Å²) >= 11 is 0. The lowest BCUT2D eigenvalue weighted by molar-refractivity contribution is -0.143. The number of hydrogen-bond acceptors (Lipinski definition) is 4. The first kappa shape index (κ1) is 11.4. The summed E-state index contributed by atoms with van der Waals surface area (Å²) in [5, 5.41) is 1.87. The molecule has 0 unspecified atom stereocenters. The Morgan fingerprint density at radius 3 is 2.67 bits per heavy atom. The van der Waals surface area contributed by atoms with E-state index in [1.165, 1.54) is 0 Å². The lowest BCUT2D eigenvalue weighted by Crippen LogP contribution is -2.31. The number of hydrogen-bond donors (Lipinski definition) is 1. The standard InChI is InChI=1S/C8H18N2O2/c1-4-12-8(11)6-5-7-9-10(2)3/h9H,4-7H2,1-3H3. The molecule has 0 aromatic carbocycles. The van der Waals surface area contributed by atoms with Crippen LogP contribution in [-0.2, 0) is 9.53 Å². The third kappa shape index (κ3) is 7.50. The van der Waals surface area contributed by atoms with Gasteiger partial charge in [0.25, 0.3) is 0 Å². The number of esters is 1. The molecule has 0 fully saturated rings. The molecule has 12 heavy (non-hydrogen) atoms. The Hall–Kier alpha value is -0.610. The van der Waals surface area contributed by atoms with E-state index in [9.17, 15) is 4.79 Å². The molecule has 4 heteroatoms. The van der Waals surface area contributed by atoms with Crippen LogP contribution in [0.2, 0.25) is 0 Å². The van der Waals surface area contributed by atoms with Gasteiger partial charge >= 0.3 is 5.97 Å². The van der Waals surface area contributed by atoms with Gasteiger partial charge in [0.15, 0.2) is 0 Å². The highest BCUT2D eigenvalue weighted by Crippen LogP contribution is 1.90. The number of rotatable bonds is 6. The van der Waals surface area contributed by atoms with E-state index in [2.05, 4.69) is 5.43 Å². The van der Waals surface area contributed by atoms with Crippen molar-refractivity contribution in [3.8, 4) is 0 Å². The average molecular weight is 174 g/mol. The summed E-state index contributed by atoms with van der Waals surface area (Å²) < 4.78 is 4.77. The van der Waals surface area contributed by atoms with Crippen LogP contribution < -0.4 is 5.43 Å². The van der Waals surface area contributed by atoms with Crippen LogP contribution in [0.25, 0.3) is 0 Å². The highest BCUT2D eigenvalue weighted by Gasteiger charge is 1.99.